The minimum atomic E-state index is -2.66. The third-order valence-electron chi connectivity index (χ3n) is 1.65. The summed E-state index contributed by atoms with van der Waals surface area (Å²) in [6.45, 7) is 0. The molecule has 0 aliphatic heterocycles. The maximum Gasteiger partial charge on any atom is 0.265 e. The molecular weight excluding hydrogens is 258 g/mol. The van der Waals surface area contributed by atoms with Crippen LogP contribution in [0.1, 0.15) is 28.0 Å². The molecular formula is C8H7BrF2N2O. The van der Waals surface area contributed by atoms with E-state index in [9.17, 15) is 13.6 Å². The lowest BCUT2D eigenvalue weighted by molar-refractivity contribution is 0.0999. The molecule has 1 aromatic heterocycles. The molecule has 1 heterocycles. The normalized spacial score (nSPS) is 10.6. The molecule has 0 spiro atoms. The standard InChI is InChI=1S/C8H7BrF2N2O/c9-2-6-5(7(10)11)1-4(3-13-6)8(12)14/h1,3,7H,2H2,(H2,12,14). The topological polar surface area (TPSA) is 56.0 Å². The molecule has 0 bridgehead atoms. The quantitative estimate of drug-likeness (QED) is 0.850. The van der Waals surface area contributed by atoms with Crippen molar-refractivity contribution in [1.82, 2.24) is 4.98 Å². The number of pyridine rings is 1. The lowest BCUT2D eigenvalue weighted by atomic mass is 10.1. The fourth-order valence-corrected chi connectivity index (χ4v) is 1.41. The van der Waals surface area contributed by atoms with Gasteiger partial charge in [0.25, 0.3) is 6.43 Å². The molecule has 0 aliphatic carbocycles. The average molecular weight is 265 g/mol. The van der Waals surface area contributed by atoms with Gasteiger partial charge in [-0.15, -0.1) is 0 Å². The largest absolute Gasteiger partial charge is 0.366 e. The first kappa shape index (κ1) is 11.0. The number of halogens is 3. The van der Waals surface area contributed by atoms with E-state index in [4.69, 9.17) is 5.73 Å². The van der Waals surface area contributed by atoms with Crippen LogP contribution in [-0.4, -0.2) is 10.9 Å². The summed E-state index contributed by atoms with van der Waals surface area (Å²) in [6.07, 6.45) is -1.47. The molecule has 1 rings (SSSR count). The van der Waals surface area contributed by atoms with Crippen molar-refractivity contribution < 1.29 is 13.6 Å². The molecule has 0 radical (unpaired) electrons. The van der Waals surface area contributed by atoms with E-state index in [0.29, 0.717) is 0 Å². The highest BCUT2D eigenvalue weighted by atomic mass is 79.9. The van der Waals surface area contributed by atoms with E-state index in [1.807, 2.05) is 0 Å². The van der Waals surface area contributed by atoms with Crippen molar-refractivity contribution in [2.24, 2.45) is 5.73 Å². The van der Waals surface area contributed by atoms with Gasteiger partial charge >= 0.3 is 0 Å². The van der Waals surface area contributed by atoms with Gasteiger partial charge in [0.05, 0.1) is 11.3 Å². The van der Waals surface area contributed by atoms with Gasteiger partial charge in [-0.25, -0.2) is 8.78 Å². The Balaban J connectivity index is 3.20. The number of hydrogen-bond acceptors (Lipinski definition) is 2. The van der Waals surface area contributed by atoms with Crippen LogP contribution in [0.5, 0.6) is 0 Å². The third kappa shape index (κ3) is 2.25. The SMILES string of the molecule is NC(=O)c1cnc(CBr)c(C(F)F)c1. The Labute approximate surface area is 87.4 Å². The van der Waals surface area contributed by atoms with Gasteiger partial charge in [-0.3, -0.25) is 9.78 Å². The van der Waals surface area contributed by atoms with E-state index >= 15 is 0 Å². The number of amides is 1. The average Bonchev–Trinajstić information content (AvgIpc) is 2.16. The van der Waals surface area contributed by atoms with Crippen molar-refractivity contribution in [3.63, 3.8) is 0 Å². The predicted molar refractivity (Wildman–Crippen MR) is 50.3 cm³/mol. The van der Waals surface area contributed by atoms with Gasteiger partial charge in [0.1, 0.15) is 0 Å². The first-order valence-corrected chi connectivity index (χ1v) is 4.81. The number of carbonyl (C=O) groups excluding carboxylic acids is 1. The lowest BCUT2D eigenvalue weighted by Gasteiger charge is -2.06. The minimum Gasteiger partial charge on any atom is -0.366 e. The van der Waals surface area contributed by atoms with Crippen LogP contribution in [0.15, 0.2) is 12.3 Å². The van der Waals surface area contributed by atoms with Crippen molar-refractivity contribution >= 4 is 21.8 Å². The summed E-state index contributed by atoms with van der Waals surface area (Å²) in [5, 5.41) is 0.214. The summed E-state index contributed by atoms with van der Waals surface area (Å²) in [5.41, 5.74) is 4.88. The Morgan fingerprint density at radius 1 is 1.64 bits per heavy atom. The number of nitrogens with two attached hydrogens (primary N) is 1. The summed E-state index contributed by atoms with van der Waals surface area (Å²) in [6, 6.07) is 1.07. The molecule has 3 nitrogen and oxygen atoms in total. The van der Waals surface area contributed by atoms with Crippen LogP contribution in [0.3, 0.4) is 0 Å². The van der Waals surface area contributed by atoms with Crippen molar-refractivity contribution in [1.29, 1.82) is 0 Å². The number of primary amides is 1. The summed E-state index contributed by atoms with van der Waals surface area (Å²) in [7, 11) is 0. The molecule has 1 aromatic rings. The lowest BCUT2D eigenvalue weighted by Crippen LogP contribution is -2.12. The van der Waals surface area contributed by atoms with E-state index in [1.54, 1.807) is 0 Å². The minimum absolute atomic E-state index is 0.00926. The summed E-state index contributed by atoms with van der Waals surface area (Å²) < 4.78 is 24.9. The molecule has 1 amide bonds. The molecule has 0 aliphatic rings. The number of hydrogen-bond donors (Lipinski definition) is 1. The van der Waals surface area contributed by atoms with Crippen molar-refractivity contribution in [3.05, 3.63) is 29.1 Å². The van der Waals surface area contributed by atoms with Crippen molar-refractivity contribution in [3.8, 4) is 0 Å². The second-order valence-corrected chi connectivity index (χ2v) is 3.12. The van der Waals surface area contributed by atoms with E-state index in [2.05, 4.69) is 20.9 Å². The zero-order valence-corrected chi connectivity index (χ0v) is 8.59. The molecule has 0 atom stereocenters. The smallest absolute Gasteiger partial charge is 0.265 e. The molecule has 0 aromatic carbocycles. The zero-order valence-electron chi connectivity index (χ0n) is 7.01. The van der Waals surface area contributed by atoms with Crippen LogP contribution in [0.25, 0.3) is 0 Å². The number of alkyl halides is 3. The summed E-state index contributed by atoms with van der Waals surface area (Å²) >= 11 is 3.03. The van der Waals surface area contributed by atoms with E-state index in [0.717, 1.165) is 6.07 Å². The van der Waals surface area contributed by atoms with Gasteiger partial charge in [-0.2, -0.15) is 0 Å². The Morgan fingerprint density at radius 2 is 2.29 bits per heavy atom. The van der Waals surface area contributed by atoms with Gasteiger partial charge in [0, 0.05) is 17.1 Å². The molecule has 0 unspecified atom stereocenters. The van der Waals surface area contributed by atoms with Gasteiger partial charge in [0.2, 0.25) is 5.91 Å². The Kier molecular flexibility index (Phi) is 3.51. The molecule has 76 valence electrons. The van der Waals surface area contributed by atoms with E-state index in [-0.39, 0.29) is 22.2 Å². The summed E-state index contributed by atoms with van der Waals surface area (Å²) in [5.74, 6) is -0.763. The van der Waals surface area contributed by atoms with Gasteiger partial charge in [-0.1, -0.05) is 15.9 Å². The van der Waals surface area contributed by atoms with Crippen molar-refractivity contribution in [2.75, 3.05) is 0 Å². The number of carbonyl (C=O) groups is 1. The Bertz CT molecular complexity index is 357. The first-order valence-electron chi connectivity index (χ1n) is 3.69. The maximum atomic E-state index is 12.4. The second kappa shape index (κ2) is 4.45. The number of rotatable bonds is 3. The summed E-state index contributed by atoms with van der Waals surface area (Å²) in [4.78, 5) is 14.4. The van der Waals surface area contributed by atoms with E-state index in [1.165, 1.54) is 6.20 Å². The molecule has 0 saturated heterocycles. The molecule has 0 saturated carbocycles. The van der Waals surface area contributed by atoms with Crippen molar-refractivity contribution in [2.45, 2.75) is 11.8 Å². The monoisotopic (exact) mass is 264 g/mol. The fourth-order valence-electron chi connectivity index (χ4n) is 0.945. The molecule has 0 fully saturated rings. The predicted octanol–water partition coefficient (Wildman–Crippen LogP) is 2.01. The Hall–Kier alpha value is -1.04. The number of nitrogens with zero attached hydrogens (tertiary/aromatic N) is 1. The molecule has 14 heavy (non-hydrogen) atoms. The maximum absolute atomic E-state index is 12.4. The molecule has 6 heteroatoms. The van der Waals surface area contributed by atoms with Crippen LogP contribution in [0, 0.1) is 0 Å². The number of aromatic nitrogens is 1. The molecule has 2 N–H and O–H groups in total. The van der Waals surface area contributed by atoms with Gasteiger partial charge in [0.15, 0.2) is 0 Å². The first-order chi connectivity index (χ1) is 6.56. The van der Waals surface area contributed by atoms with Crippen LogP contribution >= 0.6 is 15.9 Å². The van der Waals surface area contributed by atoms with Gasteiger partial charge < -0.3 is 5.73 Å². The van der Waals surface area contributed by atoms with Crippen LogP contribution in [0.4, 0.5) is 8.78 Å². The highest BCUT2D eigenvalue weighted by Gasteiger charge is 2.15. The zero-order chi connectivity index (χ0) is 10.7. The second-order valence-electron chi connectivity index (χ2n) is 2.56. The van der Waals surface area contributed by atoms with Gasteiger partial charge in [-0.05, 0) is 6.07 Å². The third-order valence-corrected chi connectivity index (χ3v) is 2.18. The highest BCUT2D eigenvalue weighted by Crippen LogP contribution is 2.23. The van der Waals surface area contributed by atoms with Crippen LogP contribution in [0.2, 0.25) is 0 Å². The van der Waals surface area contributed by atoms with Crippen LogP contribution in [-0.2, 0) is 5.33 Å². The fraction of sp³-hybridized carbons (Fsp3) is 0.250. The van der Waals surface area contributed by atoms with E-state index < -0.39 is 12.3 Å². The van der Waals surface area contributed by atoms with Crippen LogP contribution < -0.4 is 5.73 Å². The Morgan fingerprint density at radius 3 is 2.71 bits per heavy atom. The highest BCUT2D eigenvalue weighted by molar-refractivity contribution is 9.08.